The lowest BCUT2D eigenvalue weighted by atomic mass is 9.99. The van der Waals surface area contributed by atoms with Crippen molar-refractivity contribution < 1.29 is 14.7 Å². The van der Waals surface area contributed by atoms with Gasteiger partial charge in [-0.25, -0.2) is 0 Å². The molecule has 6 heteroatoms. The van der Waals surface area contributed by atoms with Crippen LogP contribution in [0.3, 0.4) is 0 Å². The summed E-state index contributed by atoms with van der Waals surface area (Å²) in [7, 11) is 1.80. The van der Waals surface area contributed by atoms with Gasteiger partial charge in [-0.1, -0.05) is 50.2 Å². The fraction of sp³-hybridized carbons (Fsp3) is 0.286. The third-order valence-corrected chi connectivity index (χ3v) is 4.60. The summed E-state index contributed by atoms with van der Waals surface area (Å²) >= 11 is 0. The van der Waals surface area contributed by atoms with E-state index in [9.17, 15) is 14.7 Å². The van der Waals surface area contributed by atoms with Crippen LogP contribution in [0.5, 0.6) is 0 Å². The molecule has 0 spiro atoms. The highest BCUT2D eigenvalue weighted by Gasteiger charge is 2.22. The van der Waals surface area contributed by atoms with Crippen LogP contribution in [0.25, 0.3) is 10.8 Å². The molecule has 1 amide bonds. The number of aromatic nitrogens is 2. The molecule has 1 heterocycles. The summed E-state index contributed by atoms with van der Waals surface area (Å²) in [5.74, 6) is -1.12. The van der Waals surface area contributed by atoms with Crippen molar-refractivity contribution >= 4 is 22.6 Å². The van der Waals surface area contributed by atoms with Gasteiger partial charge in [-0.2, -0.15) is 5.10 Å². The van der Waals surface area contributed by atoms with E-state index >= 15 is 0 Å². The number of hydrogen-bond donors (Lipinski definition) is 2. The van der Waals surface area contributed by atoms with Crippen molar-refractivity contribution in [3.63, 3.8) is 0 Å². The normalized spacial score (nSPS) is 12.3. The average molecular weight is 365 g/mol. The number of carbonyl (C=O) groups is 2. The summed E-state index contributed by atoms with van der Waals surface area (Å²) in [5.41, 5.74) is 1.99. The van der Waals surface area contributed by atoms with E-state index in [1.807, 2.05) is 56.3 Å². The van der Waals surface area contributed by atoms with Crippen molar-refractivity contribution in [3.05, 3.63) is 65.5 Å². The van der Waals surface area contributed by atoms with Crippen molar-refractivity contribution in [1.82, 2.24) is 15.1 Å². The number of nitrogens with one attached hydrogen (secondary N) is 1. The smallest absolute Gasteiger partial charge is 0.305 e. The SMILES string of the molecule is CC(C)c1cc(C(=O)N[C@@H](CC(=O)O)c2ccc3ccccc3c2)nn1C. The number of aliphatic carboxylic acids is 1. The molecule has 2 N–H and O–H groups in total. The quantitative estimate of drug-likeness (QED) is 0.698. The van der Waals surface area contributed by atoms with E-state index in [0.29, 0.717) is 0 Å². The van der Waals surface area contributed by atoms with E-state index in [1.54, 1.807) is 17.8 Å². The van der Waals surface area contributed by atoms with E-state index < -0.39 is 12.0 Å². The van der Waals surface area contributed by atoms with Gasteiger partial charge in [0.25, 0.3) is 5.91 Å². The zero-order chi connectivity index (χ0) is 19.6. The highest BCUT2D eigenvalue weighted by atomic mass is 16.4. The van der Waals surface area contributed by atoms with Crippen LogP contribution in [0, 0.1) is 0 Å². The molecule has 1 atom stereocenters. The van der Waals surface area contributed by atoms with Gasteiger partial charge in [0.15, 0.2) is 0 Å². The number of amides is 1. The maximum Gasteiger partial charge on any atom is 0.305 e. The molecule has 1 aromatic heterocycles. The molecule has 0 unspecified atom stereocenters. The molecule has 2 aromatic carbocycles. The van der Waals surface area contributed by atoms with Crippen LogP contribution in [-0.2, 0) is 11.8 Å². The topological polar surface area (TPSA) is 84.2 Å². The summed E-state index contributed by atoms with van der Waals surface area (Å²) in [4.78, 5) is 24.0. The minimum Gasteiger partial charge on any atom is -0.481 e. The second kappa shape index (κ2) is 7.61. The Bertz CT molecular complexity index is 991. The van der Waals surface area contributed by atoms with Crippen LogP contribution in [0.4, 0.5) is 0 Å². The monoisotopic (exact) mass is 365 g/mol. The molecule has 0 aliphatic carbocycles. The third-order valence-electron chi connectivity index (χ3n) is 4.60. The number of benzene rings is 2. The summed E-state index contributed by atoms with van der Waals surface area (Å²) in [5, 5.41) is 18.4. The fourth-order valence-corrected chi connectivity index (χ4v) is 3.22. The first-order chi connectivity index (χ1) is 12.8. The summed E-state index contributed by atoms with van der Waals surface area (Å²) in [6.45, 7) is 4.06. The van der Waals surface area contributed by atoms with Gasteiger partial charge in [0, 0.05) is 12.7 Å². The zero-order valence-electron chi connectivity index (χ0n) is 15.6. The predicted octanol–water partition coefficient (Wildman–Crippen LogP) is 3.64. The molecule has 6 nitrogen and oxygen atoms in total. The predicted molar refractivity (Wildman–Crippen MR) is 104 cm³/mol. The van der Waals surface area contributed by atoms with Crippen LogP contribution in [0.15, 0.2) is 48.5 Å². The molecule has 27 heavy (non-hydrogen) atoms. The average Bonchev–Trinajstić information content (AvgIpc) is 3.02. The Morgan fingerprint density at radius 3 is 2.44 bits per heavy atom. The largest absolute Gasteiger partial charge is 0.481 e. The van der Waals surface area contributed by atoms with Gasteiger partial charge in [0.1, 0.15) is 5.69 Å². The van der Waals surface area contributed by atoms with Crippen LogP contribution in [-0.4, -0.2) is 26.8 Å². The van der Waals surface area contributed by atoms with Gasteiger partial charge in [-0.05, 0) is 34.4 Å². The maximum atomic E-state index is 12.7. The maximum absolute atomic E-state index is 12.7. The second-order valence-corrected chi connectivity index (χ2v) is 6.96. The molecule has 0 aliphatic rings. The zero-order valence-corrected chi connectivity index (χ0v) is 15.6. The Balaban J connectivity index is 1.89. The van der Waals surface area contributed by atoms with Crippen molar-refractivity contribution in [2.75, 3.05) is 0 Å². The van der Waals surface area contributed by atoms with E-state index in [1.165, 1.54) is 0 Å². The molecule has 0 saturated heterocycles. The molecule has 0 fully saturated rings. The highest BCUT2D eigenvalue weighted by Crippen LogP contribution is 2.23. The van der Waals surface area contributed by atoms with E-state index in [0.717, 1.165) is 22.0 Å². The van der Waals surface area contributed by atoms with Crippen LogP contribution < -0.4 is 5.32 Å². The number of carboxylic acids is 1. The van der Waals surface area contributed by atoms with Crippen LogP contribution in [0.1, 0.15) is 54.0 Å². The fourth-order valence-electron chi connectivity index (χ4n) is 3.22. The first-order valence-electron chi connectivity index (χ1n) is 8.90. The Hall–Kier alpha value is -3.15. The van der Waals surface area contributed by atoms with Gasteiger partial charge in [-0.15, -0.1) is 0 Å². The minimum atomic E-state index is -0.975. The first kappa shape index (κ1) is 18.6. The lowest BCUT2D eigenvalue weighted by Gasteiger charge is -2.17. The highest BCUT2D eigenvalue weighted by molar-refractivity contribution is 5.93. The Morgan fingerprint density at radius 2 is 1.81 bits per heavy atom. The lowest BCUT2D eigenvalue weighted by molar-refractivity contribution is -0.137. The van der Waals surface area contributed by atoms with Crippen LogP contribution in [0.2, 0.25) is 0 Å². The number of fused-ring (bicyclic) bond motifs is 1. The summed E-state index contributed by atoms with van der Waals surface area (Å²) < 4.78 is 1.68. The van der Waals surface area contributed by atoms with Gasteiger partial charge in [0.2, 0.25) is 0 Å². The Kier molecular flexibility index (Phi) is 5.26. The summed E-state index contributed by atoms with van der Waals surface area (Å²) in [6.07, 6.45) is -0.200. The Morgan fingerprint density at radius 1 is 1.11 bits per heavy atom. The number of nitrogens with zero attached hydrogens (tertiary/aromatic N) is 2. The van der Waals surface area contributed by atoms with Gasteiger partial charge < -0.3 is 10.4 Å². The second-order valence-electron chi connectivity index (χ2n) is 6.96. The van der Waals surface area contributed by atoms with Crippen molar-refractivity contribution in [3.8, 4) is 0 Å². The molecule has 0 bridgehead atoms. The molecular weight excluding hydrogens is 342 g/mol. The summed E-state index contributed by atoms with van der Waals surface area (Å²) in [6, 6.07) is 14.7. The molecule has 0 aliphatic heterocycles. The first-order valence-corrected chi connectivity index (χ1v) is 8.90. The van der Waals surface area contributed by atoms with Gasteiger partial charge >= 0.3 is 5.97 Å². The van der Waals surface area contributed by atoms with Crippen molar-refractivity contribution in [2.45, 2.75) is 32.2 Å². The van der Waals surface area contributed by atoms with E-state index in [2.05, 4.69) is 10.4 Å². The minimum absolute atomic E-state index is 0.200. The van der Waals surface area contributed by atoms with E-state index in [4.69, 9.17) is 0 Å². The number of hydrogen-bond acceptors (Lipinski definition) is 3. The number of aryl methyl sites for hydroxylation is 1. The van der Waals surface area contributed by atoms with Crippen molar-refractivity contribution in [1.29, 1.82) is 0 Å². The van der Waals surface area contributed by atoms with Gasteiger partial charge in [0.05, 0.1) is 12.5 Å². The molecule has 3 rings (SSSR count). The molecule has 0 radical (unpaired) electrons. The number of carboxylic acid groups (broad SMARTS) is 1. The Labute approximate surface area is 157 Å². The van der Waals surface area contributed by atoms with E-state index in [-0.39, 0.29) is 23.9 Å². The standard InChI is InChI=1S/C21H23N3O3/c1-13(2)19-11-18(23-24(19)3)21(27)22-17(12-20(25)26)16-9-8-14-6-4-5-7-15(14)10-16/h4-11,13,17H,12H2,1-3H3,(H,22,27)(H,25,26)/t17-/m0/s1. The molecule has 0 saturated carbocycles. The van der Waals surface area contributed by atoms with Crippen LogP contribution >= 0.6 is 0 Å². The van der Waals surface area contributed by atoms with Crippen molar-refractivity contribution in [2.24, 2.45) is 7.05 Å². The lowest BCUT2D eigenvalue weighted by Crippen LogP contribution is -2.30. The third kappa shape index (κ3) is 4.16. The molecular formula is C21H23N3O3. The number of rotatable bonds is 6. The molecule has 140 valence electrons. The number of carbonyl (C=O) groups excluding carboxylic acids is 1. The molecule has 3 aromatic rings. The van der Waals surface area contributed by atoms with Gasteiger partial charge in [-0.3, -0.25) is 14.3 Å².